The number of nitrogens with zero attached hydrogens (tertiary/aromatic N) is 2. The van der Waals surface area contributed by atoms with Crippen LogP contribution in [0.4, 0.5) is 5.69 Å². The van der Waals surface area contributed by atoms with Crippen LogP contribution in [0.5, 0.6) is 5.75 Å². The van der Waals surface area contributed by atoms with Gasteiger partial charge in [0.25, 0.3) is 0 Å². The molecule has 2 aromatic rings. The molecule has 1 atom stereocenters. The summed E-state index contributed by atoms with van der Waals surface area (Å²) < 4.78 is 6.43. The Morgan fingerprint density at radius 1 is 1.32 bits per heavy atom. The molecule has 0 saturated carbocycles. The molecule has 1 aliphatic rings. The van der Waals surface area contributed by atoms with Gasteiger partial charge in [-0.05, 0) is 50.2 Å². The lowest BCUT2D eigenvalue weighted by Gasteiger charge is -2.26. The Morgan fingerprint density at radius 3 is 2.84 bits per heavy atom. The normalized spacial score (nSPS) is 16.2. The number of anilines is 1. The van der Waals surface area contributed by atoms with Crippen molar-refractivity contribution in [3.8, 4) is 5.75 Å². The van der Waals surface area contributed by atoms with Crippen LogP contribution in [0.15, 0.2) is 46.9 Å². The largest absolute Gasteiger partial charge is 0.496 e. The Kier molecular flexibility index (Phi) is 5.45. The number of hydrogen-bond donors (Lipinski definition) is 0. The van der Waals surface area contributed by atoms with E-state index in [-0.39, 0.29) is 11.9 Å². The second kappa shape index (κ2) is 7.58. The summed E-state index contributed by atoms with van der Waals surface area (Å²) in [6, 6.07) is 14.3. The molecule has 2 aromatic carbocycles. The molecule has 0 bridgehead atoms. The van der Waals surface area contributed by atoms with Crippen LogP contribution >= 0.6 is 15.9 Å². The molecule has 0 N–H and O–H groups in total. The van der Waals surface area contributed by atoms with Crippen molar-refractivity contribution >= 4 is 27.5 Å². The number of carbonyl (C=O) groups is 1. The molecule has 0 radical (unpaired) electrons. The van der Waals surface area contributed by atoms with Gasteiger partial charge < -0.3 is 9.64 Å². The molecule has 0 aromatic heterocycles. The average molecular weight is 403 g/mol. The molecule has 132 valence electrons. The summed E-state index contributed by atoms with van der Waals surface area (Å²) in [5.74, 6) is 0.969. The molecule has 1 aliphatic heterocycles. The molecule has 1 heterocycles. The summed E-state index contributed by atoms with van der Waals surface area (Å²) >= 11 is 3.50. The number of benzene rings is 2. The lowest BCUT2D eigenvalue weighted by Crippen LogP contribution is -2.42. The third-order valence-corrected chi connectivity index (χ3v) is 5.06. The zero-order chi connectivity index (χ0) is 18.0. The monoisotopic (exact) mass is 402 g/mol. The number of hydrogen-bond acceptors (Lipinski definition) is 3. The predicted molar refractivity (Wildman–Crippen MR) is 104 cm³/mol. The maximum atomic E-state index is 12.9. The van der Waals surface area contributed by atoms with E-state index in [2.05, 4.69) is 28.9 Å². The number of halogens is 1. The van der Waals surface area contributed by atoms with Crippen LogP contribution in [0.2, 0.25) is 0 Å². The first-order valence-corrected chi connectivity index (χ1v) is 9.20. The van der Waals surface area contributed by atoms with Crippen LogP contribution in [0.25, 0.3) is 0 Å². The molecule has 1 amide bonds. The van der Waals surface area contributed by atoms with Crippen molar-refractivity contribution in [3.05, 3.63) is 58.1 Å². The summed E-state index contributed by atoms with van der Waals surface area (Å²) in [6.45, 7) is 3.13. The number of para-hydroxylation sites is 1. The molecule has 0 fully saturated rings. The minimum Gasteiger partial charge on any atom is -0.496 e. The van der Waals surface area contributed by atoms with Crippen molar-refractivity contribution in [2.45, 2.75) is 25.9 Å². The first kappa shape index (κ1) is 18.0. The number of carbonyl (C=O) groups excluding carboxylic acids is 1. The molecule has 4 nitrogen and oxygen atoms in total. The molecular formula is C20H23BrN2O2. The highest BCUT2D eigenvalue weighted by molar-refractivity contribution is 9.10. The summed E-state index contributed by atoms with van der Waals surface area (Å²) in [4.78, 5) is 16.8. The Hall–Kier alpha value is -1.85. The minimum absolute atomic E-state index is 0.133. The Labute approximate surface area is 157 Å². The molecule has 0 unspecified atom stereocenters. The van der Waals surface area contributed by atoms with Gasteiger partial charge in [0.05, 0.1) is 13.7 Å². The molecule has 0 aliphatic carbocycles. The van der Waals surface area contributed by atoms with E-state index in [1.165, 1.54) is 5.56 Å². The van der Waals surface area contributed by atoms with Crippen LogP contribution in [-0.2, 0) is 17.8 Å². The van der Waals surface area contributed by atoms with Crippen LogP contribution < -0.4 is 9.64 Å². The quantitative estimate of drug-likeness (QED) is 0.760. The number of amides is 1. The third-order valence-electron chi connectivity index (χ3n) is 4.56. The fraction of sp³-hybridized carbons (Fsp3) is 0.350. The molecular weight excluding hydrogens is 380 g/mol. The highest BCUT2D eigenvalue weighted by Crippen LogP contribution is 2.32. The molecule has 5 heteroatoms. The maximum Gasteiger partial charge on any atom is 0.241 e. The highest BCUT2D eigenvalue weighted by Gasteiger charge is 2.30. The molecule has 0 spiro atoms. The van der Waals surface area contributed by atoms with Gasteiger partial charge in [-0.15, -0.1) is 0 Å². The van der Waals surface area contributed by atoms with Crippen molar-refractivity contribution in [2.75, 3.05) is 25.6 Å². The number of methoxy groups -OCH3 is 1. The fourth-order valence-electron chi connectivity index (χ4n) is 3.47. The highest BCUT2D eigenvalue weighted by atomic mass is 79.9. The number of likely N-dealkylation sites (N-methyl/N-ethyl adjacent to an activating group) is 1. The minimum atomic E-state index is 0.133. The van der Waals surface area contributed by atoms with E-state index in [0.29, 0.717) is 13.1 Å². The topological polar surface area (TPSA) is 32.8 Å². The predicted octanol–water partition coefficient (Wildman–Crippen LogP) is 3.87. The fourth-order valence-corrected chi connectivity index (χ4v) is 3.88. The van der Waals surface area contributed by atoms with E-state index in [9.17, 15) is 4.79 Å². The summed E-state index contributed by atoms with van der Waals surface area (Å²) in [6.07, 6.45) is 0.922. The van der Waals surface area contributed by atoms with E-state index in [0.717, 1.165) is 27.9 Å². The summed E-state index contributed by atoms with van der Waals surface area (Å²) in [5, 5.41) is 0. The number of rotatable bonds is 5. The van der Waals surface area contributed by atoms with Gasteiger partial charge in [0.2, 0.25) is 5.91 Å². The second-order valence-electron chi connectivity index (χ2n) is 6.57. The van der Waals surface area contributed by atoms with Crippen molar-refractivity contribution in [1.82, 2.24) is 4.90 Å². The third kappa shape index (κ3) is 3.88. The van der Waals surface area contributed by atoms with Gasteiger partial charge in [-0.25, -0.2) is 0 Å². The number of fused-ring (bicyclic) bond motifs is 1. The average Bonchev–Trinajstić information content (AvgIpc) is 2.90. The second-order valence-corrected chi connectivity index (χ2v) is 7.49. The van der Waals surface area contributed by atoms with Gasteiger partial charge in [0.1, 0.15) is 5.75 Å². The van der Waals surface area contributed by atoms with Gasteiger partial charge in [-0.3, -0.25) is 9.69 Å². The molecule has 25 heavy (non-hydrogen) atoms. The van der Waals surface area contributed by atoms with Crippen LogP contribution in [0.1, 0.15) is 18.1 Å². The van der Waals surface area contributed by atoms with Crippen molar-refractivity contribution < 1.29 is 9.53 Å². The van der Waals surface area contributed by atoms with Crippen molar-refractivity contribution in [1.29, 1.82) is 0 Å². The van der Waals surface area contributed by atoms with Crippen molar-refractivity contribution in [2.24, 2.45) is 0 Å². The Balaban J connectivity index is 1.70. The van der Waals surface area contributed by atoms with Gasteiger partial charge in [0, 0.05) is 28.3 Å². The van der Waals surface area contributed by atoms with Crippen LogP contribution in [0.3, 0.4) is 0 Å². The Bertz CT molecular complexity index is 778. The van der Waals surface area contributed by atoms with E-state index in [1.54, 1.807) is 7.11 Å². The van der Waals surface area contributed by atoms with E-state index < -0.39 is 0 Å². The molecule has 3 rings (SSSR count). The maximum absolute atomic E-state index is 12.9. The van der Waals surface area contributed by atoms with E-state index in [4.69, 9.17) is 4.74 Å². The zero-order valence-corrected chi connectivity index (χ0v) is 16.4. The van der Waals surface area contributed by atoms with Gasteiger partial charge >= 0.3 is 0 Å². The first-order valence-electron chi connectivity index (χ1n) is 8.40. The first-order chi connectivity index (χ1) is 12.0. The lowest BCUT2D eigenvalue weighted by atomic mass is 10.1. The van der Waals surface area contributed by atoms with Crippen molar-refractivity contribution in [3.63, 3.8) is 0 Å². The van der Waals surface area contributed by atoms with E-state index in [1.807, 2.05) is 53.2 Å². The van der Waals surface area contributed by atoms with E-state index >= 15 is 0 Å². The standard InChI is InChI=1S/C20H23BrN2O2/c1-14-10-15-6-4-5-7-18(15)23(14)20(24)13-22(2)12-16-11-17(21)8-9-19(16)25-3/h4-9,11,14H,10,12-13H2,1-3H3/t14-/m1/s1. The smallest absolute Gasteiger partial charge is 0.241 e. The Morgan fingerprint density at radius 2 is 2.08 bits per heavy atom. The summed E-state index contributed by atoms with van der Waals surface area (Å²) in [7, 11) is 3.63. The van der Waals surface area contributed by atoms with Gasteiger partial charge in [-0.2, -0.15) is 0 Å². The molecule has 0 saturated heterocycles. The van der Waals surface area contributed by atoms with Gasteiger partial charge in [0.15, 0.2) is 0 Å². The van der Waals surface area contributed by atoms with Gasteiger partial charge in [-0.1, -0.05) is 34.1 Å². The lowest BCUT2D eigenvalue weighted by molar-refractivity contribution is -0.119. The SMILES string of the molecule is COc1ccc(Br)cc1CN(C)CC(=O)N1c2ccccc2C[C@H]1C. The number of ether oxygens (including phenoxy) is 1. The summed E-state index contributed by atoms with van der Waals surface area (Å²) in [5.41, 5.74) is 3.36. The van der Waals surface area contributed by atoms with Crippen LogP contribution in [-0.4, -0.2) is 37.6 Å². The van der Waals surface area contributed by atoms with Crippen LogP contribution in [0, 0.1) is 0 Å². The zero-order valence-electron chi connectivity index (χ0n) is 14.8.